The summed E-state index contributed by atoms with van der Waals surface area (Å²) in [5.74, 6) is 0.421. The van der Waals surface area contributed by atoms with Gasteiger partial charge in [0.05, 0.1) is 18.0 Å². The maximum Gasteiger partial charge on any atom is 0.274 e. The first-order valence-corrected chi connectivity index (χ1v) is 9.51. The molecule has 0 unspecified atom stereocenters. The summed E-state index contributed by atoms with van der Waals surface area (Å²) in [6.07, 6.45) is 0. The molecule has 0 radical (unpaired) electrons. The zero-order chi connectivity index (χ0) is 20.8. The van der Waals surface area contributed by atoms with Crippen molar-refractivity contribution < 1.29 is 14.3 Å². The van der Waals surface area contributed by atoms with Gasteiger partial charge in [-0.05, 0) is 37.6 Å². The minimum absolute atomic E-state index is 0.149. The Bertz CT molecular complexity index is 1040. The number of fused-ring (bicyclic) bond motifs is 1. The van der Waals surface area contributed by atoms with E-state index in [1.54, 1.807) is 31.4 Å². The van der Waals surface area contributed by atoms with E-state index in [1.807, 2.05) is 38.1 Å². The van der Waals surface area contributed by atoms with Crippen LogP contribution >= 0.6 is 0 Å². The Labute approximate surface area is 169 Å². The predicted molar refractivity (Wildman–Crippen MR) is 111 cm³/mol. The number of rotatable bonds is 8. The van der Waals surface area contributed by atoms with E-state index in [0.717, 1.165) is 11.3 Å². The molecule has 1 amide bonds. The van der Waals surface area contributed by atoms with Gasteiger partial charge in [0.1, 0.15) is 12.4 Å². The molecule has 1 heterocycles. The lowest BCUT2D eigenvalue weighted by Gasteiger charge is -2.13. The third kappa shape index (κ3) is 4.81. The molecule has 0 aliphatic rings. The number of nitrogens with one attached hydrogen (secondary N) is 1. The molecule has 152 valence electrons. The molecule has 2 aromatic carbocycles. The lowest BCUT2D eigenvalue weighted by atomic mass is 10.1. The monoisotopic (exact) mass is 395 g/mol. The summed E-state index contributed by atoms with van der Waals surface area (Å²) in [5, 5.41) is 8.25. The molecule has 7 heteroatoms. The van der Waals surface area contributed by atoms with Gasteiger partial charge in [0.25, 0.3) is 11.5 Å². The van der Waals surface area contributed by atoms with Crippen molar-refractivity contribution in [2.75, 3.05) is 20.3 Å². The zero-order valence-electron chi connectivity index (χ0n) is 16.8. The van der Waals surface area contributed by atoms with Crippen molar-refractivity contribution in [1.82, 2.24) is 15.1 Å². The van der Waals surface area contributed by atoms with Crippen LogP contribution in [0.4, 0.5) is 0 Å². The fourth-order valence-electron chi connectivity index (χ4n) is 2.94. The van der Waals surface area contributed by atoms with Gasteiger partial charge in [0, 0.05) is 19.0 Å². The van der Waals surface area contributed by atoms with E-state index in [0.29, 0.717) is 30.5 Å². The van der Waals surface area contributed by atoms with E-state index >= 15 is 0 Å². The Morgan fingerprint density at radius 1 is 1.07 bits per heavy atom. The van der Waals surface area contributed by atoms with Crippen molar-refractivity contribution >= 4 is 16.7 Å². The van der Waals surface area contributed by atoms with Crippen molar-refractivity contribution in [1.29, 1.82) is 0 Å². The van der Waals surface area contributed by atoms with Crippen LogP contribution in [-0.4, -0.2) is 36.0 Å². The highest BCUT2D eigenvalue weighted by atomic mass is 16.5. The highest BCUT2D eigenvalue weighted by Gasteiger charge is 2.17. The van der Waals surface area contributed by atoms with E-state index in [1.165, 1.54) is 4.68 Å². The molecule has 0 spiro atoms. The number of nitrogens with zero attached hydrogens (tertiary/aromatic N) is 2. The van der Waals surface area contributed by atoms with Crippen molar-refractivity contribution in [3.63, 3.8) is 0 Å². The fourth-order valence-corrected chi connectivity index (χ4v) is 2.94. The van der Waals surface area contributed by atoms with E-state index in [9.17, 15) is 9.59 Å². The molecule has 0 aliphatic carbocycles. The lowest BCUT2D eigenvalue weighted by molar-refractivity contribution is 0.0945. The van der Waals surface area contributed by atoms with Crippen LogP contribution < -0.4 is 15.6 Å². The summed E-state index contributed by atoms with van der Waals surface area (Å²) in [7, 11) is 1.63. The number of carbonyl (C=O) groups is 1. The summed E-state index contributed by atoms with van der Waals surface area (Å²) in [6.45, 7) is 5.07. The normalized spacial score (nSPS) is 11.0. The summed E-state index contributed by atoms with van der Waals surface area (Å²) in [6, 6.07) is 14.4. The minimum Gasteiger partial charge on any atom is -0.491 e. The van der Waals surface area contributed by atoms with Crippen LogP contribution in [0.2, 0.25) is 0 Å². The molecule has 3 rings (SSSR count). The van der Waals surface area contributed by atoms with E-state index in [2.05, 4.69) is 10.4 Å². The van der Waals surface area contributed by atoms with E-state index in [4.69, 9.17) is 9.47 Å². The second-order valence-corrected chi connectivity index (χ2v) is 6.91. The topological polar surface area (TPSA) is 82.4 Å². The number of ether oxygens (including phenoxy) is 2. The standard InChI is InChI=1S/C22H25N3O4/c1-15(2)25-22(27)19-7-5-4-6-18(19)20(24-25)21(26)23-14-16-8-10-17(11-9-16)29-13-12-28-3/h4-11,15H,12-14H2,1-3H3,(H,23,26). The second-order valence-electron chi connectivity index (χ2n) is 6.91. The lowest BCUT2D eigenvalue weighted by Crippen LogP contribution is -2.31. The van der Waals surface area contributed by atoms with Gasteiger partial charge in [0.15, 0.2) is 5.69 Å². The van der Waals surface area contributed by atoms with Crippen LogP contribution in [0.15, 0.2) is 53.3 Å². The third-order valence-corrected chi connectivity index (χ3v) is 4.47. The van der Waals surface area contributed by atoms with Gasteiger partial charge >= 0.3 is 0 Å². The average Bonchev–Trinajstić information content (AvgIpc) is 2.73. The Balaban J connectivity index is 1.76. The molecule has 3 aromatic rings. The van der Waals surface area contributed by atoms with Gasteiger partial charge in [-0.2, -0.15) is 5.10 Å². The molecular weight excluding hydrogens is 370 g/mol. The van der Waals surface area contributed by atoms with Crippen LogP contribution in [0.5, 0.6) is 5.75 Å². The molecule has 1 aromatic heterocycles. The van der Waals surface area contributed by atoms with Crippen molar-refractivity contribution in [2.45, 2.75) is 26.4 Å². The SMILES string of the molecule is COCCOc1ccc(CNC(=O)c2nn(C(C)C)c(=O)c3ccccc23)cc1. The largest absolute Gasteiger partial charge is 0.491 e. The quantitative estimate of drug-likeness (QED) is 0.593. The molecule has 1 N–H and O–H groups in total. The van der Waals surface area contributed by atoms with Crippen molar-refractivity contribution in [2.24, 2.45) is 0 Å². The molecule has 0 aliphatic heterocycles. The number of carbonyl (C=O) groups excluding carboxylic acids is 1. The number of amides is 1. The van der Waals surface area contributed by atoms with Crippen molar-refractivity contribution in [3.8, 4) is 5.75 Å². The Hall–Kier alpha value is -3.19. The maximum atomic E-state index is 12.8. The summed E-state index contributed by atoms with van der Waals surface area (Å²) in [4.78, 5) is 25.4. The summed E-state index contributed by atoms with van der Waals surface area (Å²) < 4.78 is 11.8. The van der Waals surface area contributed by atoms with Gasteiger partial charge in [0.2, 0.25) is 0 Å². The van der Waals surface area contributed by atoms with Gasteiger partial charge < -0.3 is 14.8 Å². The van der Waals surface area contributed by atoms with Crippen LogP contribution in [0.3, 0.4) is 0 Å². The molecule has 0 fully saturated rings. The van der Waals surface area contributed by atoms with Crippen LogP contribution in [-0.2, 0) is 11.3 Å². The molecule has 7 nitrogen and oxygen atoms in total. The first-order valence-electron chi connectivity index (χ1n) is 9.51. The van der Waals surface area contributed by atoms with Crippen molar-refractivity contribution in [3.05, 3.63) is 70.1 Å². The predicted octanol–water partition coefficient (Wildman–Crippen LogP) is 2.93. The van der Waals surface area contributed by atoms with Crippen LogP contribution in [0.25, 0.3) is 10.8 Å². The minimum atomic E-state index is -0.323. The van der Waals surface area contributed by atoms with Gasteiger partial charge in [-0.3, -0.25) is 9.59 Å². The number of benzene rings is 2. The summed E-state index contributed by atoms with van der Waals surface area (Å²) >= 11 is 0. The fraction of sp³-hybridized carbons (Fsp3) is 0.318. The first-order chi connectivity index (χ1) is 14.0. The summed E-state index contributed by atoms with van der Waals surface area (Å²) in [5.41, 5.74) is 0.976. The Kier molecular flexibility index (Phi) is 6.61. The first kappa shape index (κ1) is 20.5. The smallest absolute Gasteiger partial charge is 0.274 e. The molecular formula is C22H25N3O4. The Morgan fingerprint density at radius 2 is 1.76 bits per heavy atom. The molecule has 29 heavy (non-hydrogen) atoms. The van der Waals surface area contributed by atoms with Crippen LogP contribution in [0.1, 0.15) is 35.9 Å². The van der Waals surface area contributed by atoms with Crippen LogP contribution in [0, 0.1) is 0 Å². The zero-order valence-corrected chi connectivity index (χ0v) is 16.8. The third-order valence-electron chi connectivity index (χ3n) is 4.47. The number of hydrogen-bond donors (Lipinski definition) is 1. The number of hydrogen-bond acceptors (Lipinski definition) is 5. The highest BCUT2D eigenvalue weighted by Crippen LogP contribution is 2.16. The molecule has 0 saturated heterocycles. The Morgan fingerprint density at radius 3 is 2.41 bits per heavy atom. The molecule has 0 atom stereocenters. The van der Waals surface area contributed by atoms with E-state index in [-0.39, 0.29) is 23.2 Å². The second kappa shape index (κ2) is 9.34. The highest BCUT2D eigenvalue weighted by molar-refractivity contribution is 6.04. The molecule has 0 saturated carbocycles. The van der Waals surface area contributed by atoms with Gasteiger partial charge in [-0.1, -0.05) is 30.3 Å². The van der Waals surface area contributed by atoms with Gasteiger partial charge in [-0.25, -0.2) is 4.68 Å². The van der Waals surface area contributed by atoms with Gasteiger partial charge in [-0.15, -0.1) is 0 Å². The van der Waals surface area contributed by atoms with E-state index < -0.39 is 0 Å². The number of methoxy groups -OCH3 is 1. The number of aromatic nitrogens is 2. The average molecular weight is 395 g/mol. The molecule has 0 bridgehead atoms. The maximum absolute atomic E-state index is 12.8.